The van der Waals surface area contributed by atoms with Gasteiger partial charge in [-0.2, -0.15) is 0 Å². The summed E-state index contributed by atoms with van der Waals surface area (Å²) in [4.78, 5) is 7.82. The number of furan rings is 1. The van der Waals surface area contributed by atoms with E-state index in [1.165, 1.54) is 6.33 Å². The zero-order valence-corrected chi connectivity index (χ0v) is 8.42. The number of aromatic nitrogens is 2. The van der Waals surface area contributed by atoms with Crippen LogP contribution in [0.1, 0.15) is 12.7 Å². The van der Waals surface area contributed by atoms with Gasteiger partial charge in [0.15, 0.2) is 0 Å². The molecule has 0 bridgehead atoms. The van der Waals surface area contributed by atoms with Crippen LogP contribution < -0.4 is 0 Å². The van der Waals surface area contributed by atoms with Gasteiger partial charge >= 0.3 is 0 Å². The Hall–Kier alpha value is -1.68. The minimum absolute atomic E-state index is 0.393. The van der Waals surface area contributed by atoms with Crippen molar-refractivity contribution in [3.05, 3.63) is 36.6 Å². The zero-order valence-electron chi connectivity index (χ0n) is 8.42. The van der Waals surface area contributed by atoms with E-state index in [1.807, 2.05) is 12.1 Å². The second-order valence-electron chi connectivity index (χ2n) is 3.45. The minimum atomic E-state index is -0.393. The lowest BCUT2D eigenvalue weighted by atomic mass is 10.2. The highest BCUT2D eigenvalue weighted by Gasteiger charge is 2.06. The molecule has 1 atom stereocenters. The van der Waals surface area contributed by atoms with Crippen molar-refractivity contribution in [2.75, 3.05) is 0 Å². The largest absolute Gasteiger partial charge is 0.461 e. The van der Waals surface area contributed by atoms with Gasteiger partial charge in [-0.3, -0.25) is 0 Å². The molecule has 0 amide bonds. The van der Waals surface area contributed by atoms with E-state index in [1.54, 1.807) is 19.3 Å². The fourth-order valence-corrected chi connectivity index (χ4v) is 1.36. The molecule has 1 unspecified atom stereocenters. The van der Waals surface area contributed by atoms with Gasteiger partial charge < -0.3 is 9.52 Å². The molecule has 0 aliphatic carbocycles. The molecule has 0 spiro atoms. The van der Waals surface area contributed by atoms with Gasteiger partial charge in [0.1, 0.15) is 17.8 Å². The van der Waals surface area contributed by atoms with E-state index >= 15 is 0 Å². The zero-order chi connectivity index (χ0) is 10.7. The molecule has 15 heavy (non-hydrogen) atoms. The quantitative estimate of drug-likeness (QED) is 0.826. The molecule has 4 heteroatoms. The highest BCUT2D eigenvalue weighted by atomic mass is 16.3. The first-order valence-corrected chi connectivity index (χ1v) is 4.78. The molecule has 2 rings (SSSR count). The van der Waals surface area contributed by atoms with Gasteiger partial charge in [0, 0.05) is 18.8 Å². The molecule has 2 heterocycles. The van der Waals surface area contributed by atoms with Gasteiger partial charge in [-0.05, 0) is 19.1 Å². The van der Waals surface area contributed by atoms with E-state index in [0.717, 1.165) is 17.1 Å². The maximum atomic E-state index is 9.20. The van der Waals surface area contributed by atoms with E-state index in [-0.39, 0.29) is 0 Å². The Balaban J connectivity index is 2.21. The van der Waals surface area contributed by atoms with Gasteiger partial charge in [0.2, 0.25) is 0 Å². The van der Waals surface area contributed by atoms with Crippen molar-refractivity contribution < 1.29 is 9.52 Å². The van der Waals surface area contributed by atoms with E-state index < -0.39 is 6.10 Å². The van der Waals surface area contributed by atoms with Crippen molar-refractivity contribution in [2.24, 2.45) is 0 Å². The van der Waals surface area contributed by atoms with Crippen molar-refractivity contribution in [1.82, 2.24) is 9.97 Å². The lowest BCUT2D eigenvalue weighted by Crippen LogP contribution is -2.02. The Kier molecular flexibility index (Phi) is 2.78. The smallest absolute Gasteiger partial charge is 0.137 e. The summed E-state index contributed by atoms with van der Waals surface area (Å²) >= 11 is 0. The molecular formula is C11H12N2O2. The summed E-state index contributed by atoms with van der Waals surface area (Å²) in [6.07, 6.45) is 4.99. The molecule has 0 saturated carbocycles. The van der Waals surface area contributed by atoms with Crippen molar-refractivity contribution >= 4 is 0 Å². The summed E-state index contributed by atoms with van der Waals surface area (Å²) in [5.74, 6) is 1.50. The van der Waals surface area contributed by atoms with Crippen LogP contribution in [0.3, 0.4) is 0 Å². The average molecular weight is 204 g/mol. The molecule has 2 aromatic rings. The third-order valence-corrected chi connectivity index (χ3v) is 2.00. The van der Waals surface area contributed by atoms with Crippen LogP contribution >= 0.6 is 0 Å². The summed E-state index contributed by atoms with van der Waals surface area (Å²) < 4.78 is 5.54. The maximum Gasteiger partial charge on any atom is 0.137 e. The van der Waals surface area contributed by atoms with E-state index in [2.05, 4.69) is 9.97 Å². The van der Waals surface area contributed by atoms with Crippen LogP contribution in [0.5, 0.6) is 0 Å². The Morgan fingerprint density at radius 1 is 1.33 bits per heavy atom. The Labute approximate surface area is 87.6 Å². The lowest BCUT2D eigenvalue weighted by Gasteiger charge is -1.99. The molecule has 78 valence electrons. The normalized spacial score (nSPS) is 12.7. The SMILES string of the molecule is CC(O)Cc1ccc(-c2cncnc2)o1. The van der Waals surface area contributed by atoms with Crippen LogP contribution in [0.15, 0.2) is 35.3 Å². The number of aliphatic hydroxyl groups excluding tert-OH is 1. The second-order valence-corrected chi connectivity index (χ2v) is 3.45. The summed E-state index contributed by atoms with van der Waals surface area (Å²) in [5, 5.41) is 9.20. The van der Waals surface area contributed by atoms with Gasteiger partial charge in [-0.15, -0.1) is 0 Å². The number of hydrogen-bond acceptors (Lipinski definition) is 4. The number of rotatable bonds is 3. The second kappa shape index (κ2) is 4.23. The van der Waals surface area contributed by atoms with Crippen LogP contribution in [0.2, 0.25) is 0 Å². The van der Waals surface area contributed by atoms with Crippen molar-refractivity contribution in [3.8, 4) is 11.3 Å². The third kappa shape index (κ3) is 2.41. The Morgan fingerprint density at radius 3 is 2.73 bits per heavy atom. The highest BCUT2D eigenvalue weighted by Crippen LogP contribution is 2.20. The molecule has 0 fully saturated rings. The first-order valence-electron chi connectivity index (χ1n) is 4.78. The topological polar surface area (TPSA) is 59.2 Å². The van der Waals surface area contributed by atoms with E-state index in [4.69, 9.17) is 4.42 Å². The van der Waals surface area contributed by atoms with Gasteiger partial charge in [0.05, 0.1) is 11.7 Å². The summed E-state index contributed by atoms with van der Waals surface area (Å²) in [6.45, 7) is 1.73. The molecule has 1 N–H and O–H groups in total. The predicted molar refractivity (Wildman–Crippen MR) is 55.1 cm³/mol. The molecule has 0 aliphatic heterocycles. The summed E-state index contributed by atoms with van der Waals surface area (Å²) in [7, 11) is 0. The van der Waals surface area contributed by atoms with Gasteiger partial charge in [-0.25, -0.2) is 9.97 Å². The lowest BCUT2D eigenvalue weighted by molar-refractivity contribution is 0.187. The Morgan fingerprint density at radius 2 is 2.07 bits per heavy atom. The first kappa shape index (κ1) is 9.86. The molecule has 0 radical (unpaired) electrons. The fourth-order valence-electron chi connectivity index (χ4n) is 1.36. The standard InChI is InChI=1S/C11H12N2O2/c1-8(14)4-10-2-3-11(15-10)9-5-12-7-13-6-9/h2-3,5-8,14H,4H2,1H3. The molecule has 4 nitrogen and oxygen atoms in total. The minimum Gasteiger partial charge on any atom is -0.461 e. The van der Waals surface area contributed by atoms with Crippen molar-refractivity contribution in [2.45, 2.75) is 19.4 Å². The van der Waals surface area contributed by atoms with E-state index in [0.29, 0.717) is 6.42 Å². The van der Waals surface area contributed by atoms with Crippen LogP contribution in [-0.2, 0) is 6.42 Å². The monoisotopic (exact) mass is 204 g/mol. The number of aliphatic hydroxyl groups is 1. The van der Waals surface area contributed by atoms with Gasteiger partial charge in [-0.1, -0.05) is 0 Å². The Bertz CT molecular complexity index is 423. The number of nitrogens with zero attached hydrogens (tertiary/aromatic N) is 2. The van der Waals surface area contributed by atoms with Crippen molar-refractivity contribution in [1.29, 1.82) is 0 Å². The molecule has 0 saturated heterocycles. The van der Waals surface area contributed by atoms with E-state index in [9.17, 15) is 5.11 Å². The molecule has 0 aliphatic rings. The van der Waals surface area contributed by atoms with Gasteiger partial charge in [0.25, 0.3) is 0 Å². The first-order chi connectivity index (χ1) is 7.25. The highest BCUT2D eigenvalue weighted by molar-refractivity contribution is 5.54. The van der Waals surface area contributed by atoms with Crippen LogP contribution in [-0.4, -0.2) is 21.2 Å². The molecule has 2 aromatic heterocycles. The molecule has 0 aromatic carbocycles. The summed E-state index contributed by atoms with van der Waals surface area (Å²) in [6, 6.07) is 3.71. The molecular weight excluding hydrogens is 192 g/mol. The van der Waals surface area contributed by atoms with Crippen LogP contribution in [0.4, 0.5) is 0 Å². The summed E-state index contributed by atoms with van der Waals surface area (Å²) in [5.41, 5.74) is 0.842. The number of hydrogen-bond donors (Lipinski definition) is 1. The fraction of sp³-hybridized carbons (Fsp3) is 0.273. The average Bonchev–Trinajstić information content (AvgIpc) is 2.67. The predicted octanol–water partition coefficient (Wildman–Crippen LogP) is 1.66. The maximum absolute atomic E-state index is 9.20. The van der Waals surface area contributed by atoms with Crippen molar-refractivity contribution in [3.63, 3.8) is 0 Å². The third-order valence-electron chi connectivity index (χ3n) is 2.00. The van der Waals surface area contributed by atoms with Crippen LogP contribution in [0, 0.1) is 0 Å². The van der Waals surface area contributed by atoms with Crippen LogP contribution in [0.25, 0.3) is 11.3 Å².